The molecule has 1 aromatic heterocycles. The van der Waals surface area contributed by atoms with E-state index in [1.165, 1.54) is 7.11 Å². The molecule has 0 spiro atoms. The third kappa shape index (κ3) is 4.38. The van der Waals surface area contributed by atoms with Crippen molar-refractivity contribution >= 4 is 17.7 Å². The van der Waals surface area contributed by atoms with Crippen LogP contribution < -0.4 is 5.32 Å². The highest BCUT2D eigenvalue weighted by Gasteiger charge is 2.22. The first-order valence-corrected chi connectivity index (χ1v) is 7.35. The zero-order chi connectivity index (χ0) is 13.5. The minimum atomic E-state index is -0.302. The third-order valence-electron chi connectivity index (χ3n) is 2.62. The molecule has 1 heterocycles. The number of ether oxygens (including phenoxy) is 1. The Kier molecular flexibility index (Phi) is 6.29. The van der Waals surface area contributed by atoms with Gasteiger partial charge in [0.2, 0.25) is 0 Å². The summed E-state index contributed by atoms with van der Waals surface area (Å²) in [5, 5.41) is 3.17. The summed E-state index contributed by atoms with van der Waals surface area (Å²) in [4.78, 5) is 11.6. The maximum atomic E-state index is 11.6. The number of furan rings is 1. The Hall–Kier alpha value is -0.940. The standard InChI is InChI=1S/C13H21NO3S/c1-9(2)12(13(15)16-3)14-7-10-5-6-11(17-10)8-18-4/h5-6,9,12,14H,7-8H2,1-4H3. The first kappa shape index (κ1) is 15.1. The van der Waals surface area contributed by atoms with Crippen LogP contribution in [0.15, 0.2) is 16.5 Å². The SMILES string of the molecule is COC(=O)C(NCc1ccc(CSC)o1)C(C)C. The number of esters is 1. The van der Waals surface area contributed by atoms with E-state index < -0.39 is 0 Å². The van der Waals surface area contributed by atoms with Crippen LogP contribution in [0.2, 0.25) is 0 Å². The monoisotopic (exact) mass is 271 g/mol. The number of nitrogens with one attached hydrogen (secondary N) is 1. The lowest BCUT2D eigenvalue weighted by Crippen LogP contribution is -2.41. The van der Waals surface area contributed by atoms with E-state index in [-0.39, 0.29) is 17.9 Å². The highest BCUT2D eigenvalue weighted by Crippen LogP contribution is 2.14. The van der Waals surface area contributed by atoms with Gasteiger partial charge in [-0.05, 0) is 24.3 Å². The molecule has 0 fully saturated rings. The van der Waals surface area contributed by atoms with Crippen molar-refractivity contribution in [3.63, 3.8) is 0 Å². The molecular formula is C13H21NO3S. The number of hydrogen-bond donors (Lipinski definition) is 1. The molecule has 1 rings (SSSR count). The van der Waals surface area contributed by atoms with E-state index in [0.29, 0.717) is 6.54 Å². The van der Waals surface area contributed by atoms with Crippen molar-refractivity contribution in [2.75, 3.05) is 13.4 Å². The highest BCUT2D eigenvalue weighted by molar-refractivity contribution is 7.97. The highest BCUT2D eigenvalue weighted by atomic mass is 32.2. The number of thioether (sulfide) groups is 1. The largest absolute Gasteiger partial charge is 0.468 e. The Bertz CT molecular complexity index is 376. The molecule has 1 N–H and O–H groups in total. The predicted molar refractivity (Wildman–Crippen MR) is 73.4 cm³/mol. The van der Waals surface area contributed by atoms with E-state index in [9.17, 15) is 4.79 Å². The van der Waals surface area contributed by atoms with Crippen LogP contribution in [-0.4, -0.2) is 25.4 Å². The van der Waals surface area contributed by atoms with Gasteiger partial charge in [-0.3, -0.25) is 10.1 Å². The molecule has 0 aliphatic carbocycles. The van der Waals surface area contributed by atoms with Gasteiger partial charge in [0.15, 0.2) is 0 Å². The van der Waals surface area contributed by atoms with Crippen molar-refractivity contribution in [2.24, 2.45) is 5.92 Å². The van der Waals surface area contributed by atoms with Gasteiger partial charge >= 0.3 is 5.97 Å². The lowest BCUT2D eigenvalue weighted by Gasteiger charge is -2.19. The van der Waals surface area contributed by atoms with Gasteiger partial charge in [0.05, 0.1) is 19.4 Å². The molecule has 102 valence electrons. The molecule has 1 aromatic rings. The van der Waals surface area contributed by atoms with Gasteiger partial charge in [0, 0.05) is 0 Å². The van der Waals surface area contributed by atoms with Crippen LogP contribution in [0.1, 0.15) is 25.4 Å². The van der Waals surface area contributed by atoms with Crippen molar-refractivity contribution in [1.29, 1.82) is 0 Å². The molecule has 0 saturated carbocycles. The number of rotatable bonds is 7. The summed E-state index contributed by atoms with van der Waals surface area (Å²) in [6.07, 6.45) is 2.03. The molecule has 0 radical (unpaired) electrons. The first-order chi connectivity index (χ1) is 8.58. The summed E-state index contributed by atoms with van der Waals surface area (Å²) in [7, 11) is 1.41. The van der Waals surface area contributed by atoms with Gasteiger partial charge in [-0.25, -0.2) is 0 Å². The molecule has 0 saturated heterocycles. The Labute approximate surface area is 112 Å². The second kappa shape index (κ2) is 7.48. The van der Waals surface area contributed by atoms with Gasteiger partial charge in [-0.15, -0.1) is 0 Å². The normalized spacial score (nSPS) is 12.7. The van der Waals surface area contributed by atoms with E-state index in [4.69, 9.17) is 9.15 Å². The molecular weight excluding hydrogens is 250 g/mol. The average molecular weight is 271 g/mol. The Morgan fingerprint density at radius 1 is 1.44 bits per heavy atom. The van der Waals surface area contributed by atoms with Crippen molar-refractivity contribution in [3.05, 3.63) is 23.7 Å². The van der Waals surface area contributed by atoms with E-state index in [1.807, 2.05) is 32.2 Å². The fraction of sp³-hybridized carbons (Fsp3) is 0.615. The maximum absolute atomic E-state index is 11.6. The van der Waals surface area contributed by atoms with Crippen molar-refractivity contribution in [1.82, 2.24) is 5.32 Å². The Balaban J connectivity index is 2.53. The second-order valence-corrected chi connectivity index (χ2v) is 5.29. The van der Waals surface area contributed by atoms with Crippen molar-refractivity contribution < 1.29 is 13.9 Å². The molecule has 18 heavy (non-hydrogen) atoms. The van der Waals surface area contributed by atoms with Gasteiger partial charge < -0.3 is 9.15 Å². The molecule has 0 aliphatic heterocycles. The van der Waals surface area contributed by atoms with Gasteiger partial charge in [-0.2, -0.15) is 11.8 Å². The second-order valence-electron chi connectivity index (χ2n) is 4.43. The topological polar surface area (TPSA) is 51.5 Å². The fourth-order valence-corrected chi connectivity index (χ4v) is 2.11. The van der Waals surface area contributed by atoms with Crippen LogP contribution in [0.25, 0.3) is 0 Å². The van der Waals surface area contributed by atoms with Crippen LogP contribution >= 0.6 is 11.8 Å². The summed E-state index contributed by atoms with van der Waals surface area (Å²) in [5.41, 5.74) is 0. The minimum absolute atomic E-state index is 0.179. The van der Waals surface area contributed by atoms with Gasteiger partial charge in [0.25, 0.3) is 0 Å². The van der Waals surface area contributed by atoms with Crippen LogP contribution in [0.5, 0.6) is 0 Å². The smallest absolute Gasteiger partial charge is 0.323 e. The van der Waals surface area contributed by atoms with Crippen molar-refractivity contribution in [3.8, 4) is 0 Å². The molecule has 5 heteroatoms. The average Bonchev–Trinajstić information content (AvgIpc) is 2.77. The Morgan fingerprint density at radius 3 is 2.67 bits per heavy atom. The van der Waals surface area contributed by atoms with Crippen LogP contribution in [-0.2, 0) is 21.8 Å². The molecule has 0 aromatic carbocycles. The molecule has 0 bridgehead atoms. The summed E-state index contributed by atoms with van der Waals surface area (Å²) in [6.45, 7) is 4.50. The van der Waals surface area contributed by atoms with E-state index in [0.717, 1.165) is 17.3 Å². The lowest BCUT2D eigenvalue weighted by atomic mass is 10.0. The van der Waals surface area contributed by atoms with Gasteiger partial charge in [-0.1, -0.05) is 13.8 Å². The van der Waals surface area contributed by atoms with Crippen molar-refractivity contribution in [2.45, 2.75) is 32.2 Å². The summed E-state index contributed by atoms with van der Waals surface area (Å²) in [6, 6.07) is 3.60. The van der Waals surface area contributed by atoms with Crippen LogP contribution in [0.4, 0.5) is 0 Å². The number of carbonyl (C=O) groups excluding carboxylic acids is 1. The third-order valence-corrected chi connectivity index (χ3v) is 3.20. The number of carbonyl (C=O) groups is 1. The summed E-state index contributed by atoms with van der Waals surface area (Å²) >= 11 is 1.72. The summed E-state index contributed by atoms with van der Waals surface area (Å²) in [5.74, 6) is 2.61. The maximum Gasteiger partial charge on any atom is 0.323 e. The summed E-state index contributed by atoms with van der Waals surface area (Å²) < 4.78 is 10.4. The van der Waals surface area contributed by atoms with Crippen LogP contribution in [0, 0.1) is 5.92 Å². The van der Waals surface area contributed by atoms with E-state index >= 15 is 0 Å². The Morgan fingerprint density at radius 2 is 2.11 bits per heavy atom. The number of methoxy groups -OCH3 is 1. The first-order valence-electron chi connectivity index (χ1n) is 5.96. The molecule has 0 amide bonds. The number of hydrogen-bond acceptors (Lipinski definition) is 5. The quantitative estimate of drug-likeness (QED) is 0.772. The van der Waals surface area contributed by atoms with E-state index in [2.05, 4.69) is 5.32 Å². The fourth-order valence-electron chi connectivity index (χ4n) is 1.67. The minimum Gasteiger partial charge on any atom is -0.468 e. The molecule has 1 unspecified atom stereocenters. The molecule has 1 atom stereocenters. The van der Waals surface area contributed by atoms with Crippen LogP contribution in [0.3, 0.4) is 0 Å². The zero-order valence-electron chi connectivity index (χ0n) is 11.4. The lowest BCUT2D eigenvalue weighted by molar-refractivity contribution is -0.144. The molecule has 4 nitrogen and oxygen atoms in total. The molecule has 0 aliphatic rings. The van der Waals surface area contributed by atoms with Gasteiger partial charge in [0.1, 0.15) is 17.6 Å². The zero-order valence-corrected chi connectivity index (χ0v) is 12.2. The van der Waals surface area contributed by atoms with E-state index in [1.54, 1.807) is 11.8 Å². The predicted octanol–water partition coefficient (Wildman–Crippen LogP) is 2.43.